The zero-order valence-corrected chi connectivity index (χ0v) is 18.3. The molecule has 1 atom stereocenters. The van der Waals surface area contributed by atoms with Crippen LogP contribution in [0.3, 0.4) is 0 Å². The van der Waals surface area contributed by atoms with Crippen molar-refractivity contribution in [2.24, 2.45) is 0 Å². The van der Waals surface area contributed by atoms with Crippen LogP contribution in [0.4, 0.5) is 11.4 Å². The molecule has 1 aliphatic heterocycles. The Bertz CT molecular complexity index is 1550. The molecule has 0 radical (unpaired) electrons. The lowest BCUT2D eigenvalue weighted by molar-refractivity contribution is 0.317. The van der Waals surface area contributed by atoms with E-state index in [1.165, 1.54) is 0 Å². The molecule has 0 saturated heterocycles. The van der Waals surface area contributed by atoms with Gasteiger partial charge in [-0.1, -0.05) is 61.5 Å². The highest BCUT2D eigenvalue weighted by molar-refractivity contribution is 6.00. The van der Waals surface area contributed by atoms with Gasteiger partial charge in [0.1, 0.15) is 11.3 Å². The summed E-state index contributed by atoms with van der Waals surface area (Å²) >= 11 is 0. The zero-order valence-electron chi connectivity index (χ0n) is 18.3. The van der Waals surface area contributed by atoms with Gasteiger partial charge in [-0.25, -0.2) is 4.79 Å². The summed E-state index contributed by atoms with van der Waals surface area (Å²) in [4.78, 5) is 13.4. The first-order valence-electron chi connectivity index (χ1n) is 11.3. The third-order valence-corrected chi connectivity index (χ3v) is 6.34. The van der Waals surface area contributed by atoms with Crippen LogP contribution in [-0.2, 0) is 0 Å². The van der Waals surface area contributed by atoms with E-state index in [4.69, 9.17) is 9.15 Å². The maximum atomic E-state index is 13.4. The van der Waals surface area contributed by atoms with Crippen molar-refractivity contribution in [1.82, 2.24) is 0 Å². The average molecular weight is 434 g/mol. The lowest BCUT2D eigenvalue weighted by Crippen LogP contribution is -2.22. The van der Waals surface area contributed by atoms with Crippen molar-refractivity contribution in [2.75, 3.05) is 11.9 Å². The molecule has 0 spiro atoms. The summed E-state index contributed by atoms with van der Waals surface area (Å²) in [6.07, 6.45) is 0.955. The lowest BCUT2D eigenvalue weighted by Gasteiger charge is -2.30. The van der Waals surface area contributed by atoms with E-state index in [1.807, 2.05) is 48.5 Å². The number of anilines is 2. The Morgan fingerprint density at radius 2 is 1.61 bits per heavy atom. The minimum Gasteiger partial charge on any atom is -0.494 e. The lowest BCUT2D eigenvalue weighted by atomic mass is 9.79. The molecule has 4 nitrogen and oxygen atoms in total. The van der Waals surface area contributed by atoms with Gasteiger partial charge in [0, 0.05) is 17.0 Å². The molecule has 1 aliphatic rings. The summed E-state index contributed by atoms with van der Waals surface area (Å²) < 4.78 is 11.6. The molecule has 2 heterocycles. The van der Waals surface area contributed by atoms with Crippen molar-refractivity contribution in [3.8, 4) is 5.75 Å². The van der Waals surface area contributed by atoms with Crippen LogP contribution in [-0.4, -0.2) is 6.61 Å². The number of para-hydroxylation sites is 1. The Hall–Kier alpha value is -4.05. The van der Waals surface area contributed by atoms with E-state index < -0.39 is 0 Å². The summed E-state index contributed by atoms with van der Waals surface area (Å²) in [5.41, 5.74) is 4.85. The predicted molar refractivity (Wildman–Crippen MR) is 133 cm³/mol. The van der Waals surface area contributed by atoms with Crippen LogP contribution in [0.5, 0.6) is 5.75 Å². The highest BCUT2D eigenvalue weighted by Gasteiger charge is 2.33. The summed E-state index contributed by atoms with van der Waals surface area (Å²) in [7, 11) is 0. The van der Waals surface area contributed by atoms with Gasteiger partial charge in [-0.3, -0.25) is 0 Å². The van der Waals surface area contributed by atoms with Gasteiger partial charge in [-0.05, 0) is 58.7 Å². The van der Waals surface area contributed by atoms with Gasteiger partial charge in [0.2, 0.25) is 0 Å². The van der Waals surface area contributed by atoms with Crippen LogP contribution in [0.2, 0.25) is 0 Å². The molecule has 1 N–H and O–H groups in total. The molecule has 4 heteroatoms. The summed E-state index contributed by atoms with van der Waals surface area (Å²) in [5, 5.41) is 6.73. The minimum absolute atomic E-state index is 0.261. The number of fused-ring (bicyclic) bond motifs is 6. The van der Waals surface area contributed by atoms with Gasteiger partial charge >= 0.3 is 5.63 Å². The van der Waals surface area contributed by atoms with Crippen LogP contribution in [0.25, 0.3) is 21.7 Å². The first-order valence-corrected chi connectivity index (χ1v) is 11.3. The van der Waals surface area contributed by atoms with E-state index in [0.29, 0.717) is 17.8 Å². The standard InChI is InChI=1S/C29H23NO3/c1-2-17-32-20-14-11-19(12-15-20)25-26-21-8-4-3-7-18(21)13-16-23(26)30-28-22-9-5-6-10-24(22)33-29(31)27(25)28/h3-16,25,30H,2,17H2,1H3. The van der Waals surface area contributed by atoms with E-state index in [0.717, 1.165) is 50.8 Å². The number of rotatable bonds is 4. The third kappa shape index (κ3) is 3.18. The molecule has 0 fully saturated rings. The zero-order chi connectivity index (χ0) is 22.4. The van der Waals surface area contributed by atoms with Crippen LogP contribution in [0, 0.1) is 0 Å². The van der Waals surface area contributed by atoms with Crippen molar-refractivity contribution >= 4 is 33.1 Å². The van der Waals surface area contributed by atoms with Gasteiger partial charge < -0.3 is 14.5 Å². The Balaban J connectivity index is 1.64. The number of nitrogens with one attached hydrogen (secondary N) is 1. The second kappa shape index (κ2) is 7.82. The highest BCUT2D eigenvalue weighted by atomic mass is 16.5. The smallest absolute Gasteiger partial charge is 0.342 e. The first-order chi connectivity index (χ1) is 16.2. The van der Waals surface area contributed by atoms with Crippen LogP contribution in [0.1, 0.15) is 36.0 Å². The minimum atomic E-state index is -0.314. The number of benzene rings is 4. The summed E-state index contributed by atoms with van der Waals surface area (Å²) in [5.74, 6) is 0.571. The Morgan fingerprint density at radius 3 is 2.42 bits per heavy atom. The van der Waals surface area contributed by atoms with E-state index in [2.05, 4.69) is 48.6 Å². The Kier molecular flexibility index (Phi) is 4.65. The molecule has 1 unspecified atom stereocenters. The molecule has 5 aromatic rings. The van der Waals surface area contributed by atoms with E-state index in [-0.39, 0.29) is 11.5 Å². The summed E-state index contributed by atoms with van der Waals surface area (Å²) in [6, 6.07) is 28.3. The molecule has 1 aromatic heterocycles. The normalized spacial score (nSPS) is 14.5. The van der Waals surface area contributed by atoms with Crippen molar-refractivity contribution in [2.45, 2.75) is 19.3 Å². The molecule has 162 valence electrons. The number of hydrogen-bond acceptors (Lipinski definition) is 4. The molecule has 33 heavy (non-hydrogen) atoms. The second-order valence-corrected chi connectivity index (χ2v) is 8.40. The van der Waals surface area contributed by atoms with Gasteiger partial charge in [0.05, 0.1) is 17.9 Å². The molecule has 0 bridgehead atoms. The first kappa shape index (κ1) is 19.6. The molecular weight excluding hydrogens is 410 g/mol. The van der Waals surface area contributed by atoms with Gasteiger partial charge in [-0.15, -0.1) is 0 Å². The summed E-state index contributed by atoms with van der Waals surface area (Å²) in [6.45, 7) is 2.77. The van der Waals surface area contributed by atoms with Crippen LogP contribution < -0.4 is 15.7 Å². The fourth-order valence-corrected chi connectivity index (χ4v) is 4.87. The monoisotopic (exact) mass is 433 g/mol. The van der Waals surface area contributed by atoms with Crippen molar-refractivity contribution in [1.29, 1.82) is 0 Å². The molecule has 0 amide bonds. The maximum Gasteiger partial charge on any atom is 0.342 e. The highest BCUT2D eigenvalue weighted by Crippen LogP contribution is 2.48. The Morgan fingerprint density at radius 1 is 0.848 bits per heavy atom. The SMILES string of the molecule is CCCOc1ccc(C2c3c(c4ccccc4oc3=O)Nc3ccc4ccccc4c32)cc1. The van der Waals surface area contributed by atoms with E-state index >= 15 is 0 Å². The largest absolute Gasteiger partial charge is 0.494 e. The van der Waals surface area contributed by atoms with Gasteiger partial charge in [-0.2, -0.15) is 0 Å². The second-order valence-electron chi connectivity index (χ2n) is 8.40. The van der Waals surface area contributed by atoms with Gasteiger partial charge in [0.25, 0.3) is 0 Å². The number of hydrogen-bond donors (Lipinski definition) is 1. The number of ether oxygens (including phenoxy) is 1. The van der Waals surface area contributed by atoms with Crippen LogP contribution >= 0.6 is 0 Å². The Labute approximate surface area is 191 Å². The van der Waals surface area contributed by atoms with Crippen LogP contribution in [0.15, 0.2) is 94.1 Å². The third-order valence-electron chi connectivity index (χ3n) is 6.34. The van der Waals surface area contributed by atoms with E-state index in [1.54, 1.807) is 0 Å². The molecule has 0 saturated carbocycles. The fourth-order valence-electron chi connectivity index (χ4n) is 4.87. The van der Waals surface area contributed by atoms with Crippen molar-refractivity contribution in [3.05, 3.63) is 112 Å². The van der Waals surface area contributed by atoms with Gasteiger partial charge in [0.15, 0.2) is 0 Å². The van der Waals surface area contributed by atoms with E-state index in [9.17, 15) is 4.79 Å². The maximum absolute atomic E-state index is 13.4. The molecule has 0 aliphatic carbocycles. The van der Waals surface area contributed by atoms with Crippen molar-refractivity contribution < 1.29 is 9.15 Å². The predicted octanol–water partition coefficient (Wildman–Crippen LogP) is 6.97. The van der Waals surface area contributed by atoms with Crippen molar-refractivity contribution in [3.63, 3.8) is 0 Å². The molecule has 4 aromatic carbocycles. The topological polar surface area (TPSA) is 51.5 Å². The average Bonchev–Trinajstić information content (AvgIpc) is 2.86. The quantitative estimate of drug-likeness (QED) is 0.305. The molecular formula is C29H23NO3. The fraction of sp³-hybridized carbons (Fsp3) is 0.138. The molecule has 6 rings (SSSR count).